The van der Waals surface area contributed by atoms with Crippen LogP contribution in [0.3, 0.4) is 0 Å². The molecular formula is C13H26O2. The normalized spacial score (nSPS) is 21.9. The van der Waals surface area contributed by atoms with E-state index >= 15 is 0 Å². The number of hydrogen-bond acceptors (Lipinski definition) is 2. The van der Waals surface area contributed by atoms with Gasteiger partial charge in [0.1, 0.15) is 0 Å². The van der Waals surface area contributed by atoms with Gasteiger partial charge in [0.05, 0.1) is 18.3 Å². The predicted octanol–water partition coefficient (Wildman–Crippen LogP) is 3.15. The summed E-state index contributed by atoms with van der Waals surface area (Å²) in [6.07, 6.45) is 2.99. The minimum atomic E-state index is -0.723. The summed E-state index contributed by atoms with van der Waals surface area (Å²) in [4.78, 5) is 0. The molecule has 90 valence electrons. The average Bonchev–Trinajstić information content (AvgIpc) is 2.20. The van der Waals surface area contributed by atoms with Gasteiger partial charge in [-0.1, -0.05) is 33.8 Å². The molecular weight excluding hydrogens is 188 g/mol. The van der Waals surface area contributed by atoms with Crippen molar-refractivity contribution in [1.82, 2.24) is 0 Å². The molecule has 1 unspecified atom stereocenters. The summed E-state index contributed by atoms with van der Waals surface area (Å²) in [5, 5.41) is 9.71. The highest BCUT2D eigenvalue weighted by Gasteiger charge is 2.29. The Balaban J connectivity index is 0.000000921. The monoisotopic (exact) mass is 214 g/mol. The number of hydrogen-bond donors (Lipinski definition) is 1. The third kappa shape index (κ3) is 4.80. The van der Waals surface area contributed by atoms with Crippen molar-refractivity contribution in [3.8, 4) is 0 Å². The Labute approximate surface area is 94.3 Å². The van der Waals surface area contributed by atoms with Gasteiger partial charge < -0.3 is 9.84 Å². The smallest absolute Gasteiger partial charge is 0.0895 e. The Morgan fingerprint density at radius 1 is 1.40 bits per heavy atom. The third-order valence-corrected chi connectivity index (χ3v) is 2.57. The predicted molar refractivity (Wildman–Crippen MR) is 64.9 cm³/mol. The van der Waals surface area contributed by atoms with Crippen molar-refractivity contribution >= 4 is 0 Å². The second-order valence-corrected chi connectivity index (χ2v) is 4.62. The second-order valence-electron chi connectivity index (χ2n) is 4.62. The molecule has 0 saturated heterocycles. The summed E-state index contributed by atoms with van der Waals surface area (Å²) < 4.78 is 5.60. The SMILES string of the molecule is CC.CC(C)C1=CCC(C(C)(C)O)OC1. The molecule has 1 heterocycles. The molecule has 0 aromatic carbocycles. The van der Waals surface area contributed by atoms with Crippen molar-refractivity contribution in [1.29, 1.82) is 0 Å². The van der Waals surface area contributed by atoms with Crippen LogP contribution in [0.5, 0.6) is 0 Å². The number of ether oxygens (including phenoxy) is 1. The molecule has 0 fully saturated rings. The minimum absolute atomic E-state index is 0.0463. The third-order valence-electron chi connectivity index (χ3n) is 2.57. The first-order valence-corrected chi connectivity index (χ1v) is 5.94. The highest BCUT2D eigenvalue weighted by Crippen LogP contribution is 2.24. The molecule has 0 radical (unpaired) electrons. The van der Waals surface area contributed by atoms with E-state index in [0.717, 1.165) is 6.42 Å². The lowest BCUT2D eigenvalue weighted by atomic mass is 9.93. The Kier molecular flexibility index (Phi) is 6.15. The van der Waals surface area contributed by atoms with Gasteiger partial charge in [0.2, 0.25) is 0 Å². The van der Waals surface area contributed by atoms with E-state index in [4.69, 9.17) is 4.74 Å². The summed E-state index contributed by atoms with van der Waals surface area (Å²) in [6.45, 7) is 12.6. The summed E-state index contributed by atoms with van der Waals surface area (Å²) in [5.41, 5.74) is 0.624. The van der Waals surface area contributed by atoms with Gasteiger partial charge in [0.15, 0.2) is 0 Å². The van der Waals surface area contributed by atoms with Crippen molar-refractivity contribution in [2.45, 2.75) is 59.7 Å². The van der Waals surface area contributed by atoms with Gasteiger partial charge in [-0.2, -0.15) is 0 Å². The highest BCUT2D eigenvalue weighted by atomic mass is 16.5. The fourth-order valence-electron chi connectivity index (χ4n) is 1.48. The van der Waals surface area contributed by atoms with Crippen molar-refractivity contribution in [2.24, 2.45) is 5.92 Å². The van der Waals surface area contributed by atoms with Crippen LogP contribution < -0.4 is 0 Å². The van der Waals surface area contributed by atoms with Crippen LogP contribution >= 0.6 is 0 Å². The van der Waals surface area contributed by atoms with Gasteiger partial charge in [-0.3, -0.25) is 0 Å². The van der Waals surface area contributed by atoms with Crippen LogP contribution in [0.2, 0.25) is 0 Å². The standard InChI is InChI=1S/C11H20O2.C2H6/c1-8(2)9-5-6-10(13-7-9)11(3,4)12;1-2/h5,8,10,12H,6-7H2,1-4H3;1-2H3. The molecule has 0 aliphatic carbocycles. The van der Waals surface area contributed by atoms with E-state index in [1.54, 1.807) is 13.8 Å². The molecule has 0 saturated carbocycles. The molecule has 1 N–H and O–H groups in total. The first kappa shape index (κ1) is 14.7. The van der Waals surface area contributed by atoms with Crippen LogP contribution in [-0.2, 0) is 4.74 Å². The summed E-state index contributed by atoms with van der Waals surface area (Å²) in [7, 11) is 0. The second kappa shape index (κ2) is 6.29. The Morgan fingerprint density at radius 3 is 2.20 bits per heavy atom. The van der Waals surface area contributed by atoms with E-state index in [1.807, 2.05) is 13.8 Å². The zero-order chi connectivity index (χ0) is 12.1. The van der Waals surface area contributed by atoms with Gasteiger partial charge in [0, 0.05) is 0 Å². The molecule has 15 heavy (non-hydrogen) atoms. The van der Waals surface area contributed by atoms with Gasteiger partial charge >= 0.3 is 0 Å². The van der Waals surface area contributed by atoms with Crippen LogP contribution in [0.25, 0.3) is 0 Å². The number of aliphatic hydroxyl groups is 1. The zero-order valence-electron chi connectivity index (χ0n) is 11.0. The van der Waals surface area contributed by atoms with Gasteiger partial charge in [-0.25, -0.2) is 0 Å². The average molecular weight is 214 g/mol. The van der Waals surface area contributed by atoms with Gasteiger partial charge in [-0.15, -0.1) is 0 Å². The maximum absolute atomic E-state index is 9.71. The van der Waals surface area contributed by atoms with E-state index in [9.17, 15) is 5.11 Å². The van der Waals surface area contributed by atoms with E-state index in [2.05, 4.69) is 19.9 Å². The highest BCUT2D eigenvalue weighted by molar-refractivity contribution is 5.10. The lowest BCUT2D eigenvalue weighted by Gasteiger charge is -2.32. The van der Waals surface area contributed by atoms with Crippen LogP contribution in [0.4, 0.5) is 0 Å². The summed E-state index contributed by atoms with van der Waals surface area (Å²) in [6, 6.07) is 0. The molecule has 1 aliphatic heterocycles. The van der Waals surface area contributed by atoms with Crippen molar-refractivity contribution in [2.75, 3.05) is 6.61 Å². The van der Waals surface area contributed by atoms with Crippen LogP contribution in [-0.4, -0.2) is 23.4 Å². The Morgan fingerprint density at radius 2 is 1.93 bits per heavy atom. The first-order chi connectivity index (χ1) is 6.91. The summed E-state index contributed by atoms with van der Waals surface area (Å²) >= 11 is 0. The molecule has 0 amide bonds. The fraction of sp³-hybridized carbons (Fsp3) is 0.846. The van der Waals surface area contributed by atoms with E-state index in [0.29, 0.717) is 12.5 Å². The maximum atomic E-state index is 9.71. The Bertz CT molecular complexity index is 199. The quantitative estimate of drug-likeness (QED) is 0.715. The molecule has 2 heteroatoms. The van der Waals surface area contributed by atoms with E-state index in [-0.39, 0.29) is 6.10 Å². The van der Waals surface area contributed by atoms with Crippen molar-refractivity contribution in [3.63, 3.8) is 0 Å². The largest absolute Gasteiger partial charge is 0.388 e. The van der Waals surface area contributed by atoms with Gasteiger partial charge in [0.25, 0.3) is 0 Å². The van der Waals surface area contributed by atoms with E-state index in [1.165, 1.54) is 5.57 Å². The molecule has 0 aromatic heterocycles. The fourth-order valence-corrected chi connectivity index (χ4v) is 1.48. The topological polar surface area (TPSA) is 29.5 Å². The van der Waals surface area contributed by atoms with Crippen molar-refractivity contribution < 1.29 is 9.84 Å². The zero-order valence-corrected chi connectivity index (χ0v) is 11.0. The first-order valence-electron chi connectivity index (χ1n) is 5.94. The van der Waals surface area contributed by atoms with Crippen molar-refractivity contribution in [3.05, 3.63) is 11.6 Å². The van der Waals surface area contributed by atoms with E-state index < -0.39 is 5.60 Å². The van der Waals surface area contributed by atoms with Crippen LogP contribution in [0.15, 0.2) is 11.6 Å². The maximum Gasteiger partial charge on any atom is 0.0895 e. The minimum Gasteiger partial charge on any atom is -0.388 e. The molecule has 0 aromatic rings. The number of rotatable bonds is 2. The van der Waals surface area contributed by atoms with Crippen LogP contribution in [0, 0.1) is 5.92 Å². The summed E-state index contributed by atoms with van der Waals surface area (Å²) in [5.74, 6) is 0.558. The molecule has 2 nitrogen and oxygen atoms in total. The molecule has 0 bridgehead atoms. The van der Waals surface area contributed by atoms with Crippen LogP contribution in [0.1, 0.15) is 48.0 Å². The lowest BCUT2D eigenvalue weighted by molar-refractivity contribution is -0.0861. The molecule has 0 spiro atoms. The molecule has 1 rings (SSSR count). The van der Waals surface area contributed by atoms with Gasteiger partial charge in [-0.05, 0) is 31.8 Å². The Hall–Kier alpha value is -0.340. The molecule has 1 aliphatic rings. The molecule has 1 atom stereocenters. The lowest BCUT2D eigenvalue weighted by Crippen LogP contribution is -2.40.